The first-order valence-electron chi connectivity index (χ1n) is 6.88. The predicted octanol–water partition coefficient (Wildman–Crippen LogP) is 2.88. The van der Waals surface area contributed by atoms with E-state index < -0.39 is 0 Å². The maximum atomic E-state index is 11.7. The van der Waals surface area contributed by atoms with Gasteiger partial charge in [-0.15, -0.1) is 0 Å². The standard InChI is InChI=1S/C15H24N2O3/c1-12(2)7-8-16-15(18)17-13-5-4-6-14(11-13)20-10-9-19-3/h4-6,11-12H,7-10H2,1-3H3,(H2,16,17,18). The van der Waals surface area contributed by atoms with Gasteiger partial charge >= 0.3 is 6.03 Å². The molecule has 5 nitrogen and oxygen atoms in total. The lowest BCUT2D eigenvalue weighted by atomic mass is 10.1. The predicted molar refractivity (Wildman–Crippen MR) is 80.3 cm³/mol. The van der Waals surface area contributed by atoms with Gasteiger partial charge in [-0.05, 0) is 24.5 Å². The third-order valence-electron chi connectivity index (χ3n) is 2.66. The van der Waals surface area contributed by atoms with Crippen LogP contribution >= 0.6 is 0 Å². The van der Waals surface area contributed by atoms with Gasteiger partial charge in [-0.1, -0.05) is 19.9 Å². The molecule has 0 aromatic heterocycles. The Bertz CT molecular complexity index is 408. The number of amides is 2. The number of rotatable bonds is 8. The van der Waals surface area contributed by atoms with E-state index in [0.29, 0.717) is 37.1 Å². The summed E-state index contributed by atoms with van der Waals surface area (Å²) in [7, 11) is 1.63. The van der Waals surface area contributed by atoms with Gasteiger partial charge in [0.05, 0.1) is 6.61 Å². The molecule has 0 saturated heterocycles. The van der Waals surface area contributed by atoms with Gasteiger partial charge in [0.15, 0.2) is 0 Å². The molecule has 0 atom stereocenters. The van der Waals surface area contributed by atoms with Crippen LogP contribution in [0.1, 0.15) is 20.3 Å². The molecule has 1 aromatic carbocycles. The van der Waals surface area contributed by atoms with Crippen LogP contribution in [0.25, 0.3) is 0 Å². The summed E-state index contributed by atoms with van der Waals surface area (Å²) < 4.78 is 10.4. The Morgan fingerprint density at radius 2 is 2.10 bits per heavy atom. The zero-order valence-corrected chi connectivity index (χ0v) is 12.4. The van der Waals surface area contributed by atoms with Crippen molar-refractivity contribution in [3.05, 3.63) is 24.3 Å². The molecule has 1 aromatic rings. The minimum atomic E-state index is -0.195. The van der Waals surface area contributed by atoms with Crippen molar-refractivity contribution in [2.24, 2.45) is 5.92 Å². The highest BCUT2D eigenvalue weighted by atomic mass is 16.5. The summed E-state index contributed by atoms with van der Waals surface area (Å²) in [5.74, 6) is 1.29. The SMILES string of the molecule is COCCOc1cccc(NC(=O)NCCC(C)C)c1. The summed E-state index contributed by atoms with van der Waals surface area (Å²) in [6.07, 6.45) is 0.966. The average molecular weight is 280 g/mol. The van der Waals surface area contributed by atoms with E-state index in [4.69, 9.17) is 9.47 Å². The molecular weight excluding hydrogens is 256 g/mol. The summed E-state index contributed by atoms with van der Waals surface area (Å²) in [6.45, 7) is 5.95. The molecule has 20 heavy (non-hydrogen) atoms. The van der Waals surface area contributed by atoms with Gasteiger partial charge in [0.1, 0.15) is 12.4 Å². The van der Waals surface area contributed by atoms with E-state index in [9.17, 15) is 4.79 Å². The second-order valence-corrected chi connectivity index (χ2v) is 4.93. The number of urea groups is 1. The molecule has 0 radical (unpaired) electrons. The first-order chi connectivity index (χ1) is 9.61. The topological polar surface area (TPSA) is 59.6 Å². The third kappa shape index (κ3) is 6.99. The van der Waals surface area contributed by atoms with E-state index in [1.165, 1.54) is 0 Å². The Morgan fingerprint density at radius 1 is 1.30 bits per heavy atom. The monoisotopic (exact) mass is 280 g/mol. The molecule has 112 valence electrons. The molecule has 0 fully saturated rings. The lowest BCUT2D eigenvalue weighted by Gasteiger charge is -2.10. The van der Waals surface area contributed by atoms with Crippen molar-refractivity contribution in [2.75, 3.05) is 32.2 Å². The largest absolute Gasteiger partial charge is 0.491 e. The summed E-state index contributed by atoms with van der Waals surface area (Å²) >= 11 is 0. The minimum absolute atomic E-state index is 0.195. The van der Waals surface area contributed by atoms with Gasteiger partial charge in [-0.25, -0.2) is 4.79 Å². The highest BCUT2D eigenvalue weighted by molar-refractivity contribution is 5.89. The van der Waals surface area contributed by atoms with Crippen LogP contribution in [0.15, 0.2) is 24.3 Å². The van der Waals surface area contributed by atoms with Crippen molar-refractivity contribution >= 4 is 11.7 Å². The number of carbonyl (C=O) groups is 1. The van der Waals surface area contributed by atoms with Gasteiger partial charge in [0.25, 0.3) is 0 Å². The van der Waals surface area contributed by atoms with Crippen LogP contribution in [0.2, 0.25) is 0 Å². The molecule has 0 unspecified atom stereocenters. The molecule has 0 aliphatic heterocycles. The fraction of sp³-hybridized carbons (Fsp3) is 0.533. The third-order valence-corrected chi connectivity index (χ3v) is 2.66. The fourth-order valence-corrected chi connectivity index (χ4v) is 1.56. The number of anilines is 1. The van der Waals surface area contributed by atoms with Gasteiger partial charge in [-0.3, -0.25) is 0 Å². The first kappa shape index (κ1) is 16.3. The molecule has 2 N–H and O–H groups in total. The average Bonchev–Trinajstić information content (AvgIpc) is 2.39. The lowest BCUT2D eigenvalue weighted by molar-refractivity contribution is 0.146. The van der Waals surface area contributed by atoms with Crippen LogP contribution in [-0.2, 0) is 4.74 Å². The Morgan fingerprint density at radius 3 is 2.80 bits per heavy atom. The summed E-state index contributed by atoms with van der Waals surface area (Å²) in [5, 5.41) is 5.61. The summed E-state index contributed by atoms with van der Waals surface area (Å²) in [5.41, 5.74) is 0.710. The molecule has 0 aliphatic carbocycles. The van der Waals surface area contributed by atoms with E-state index in [2.05, 4.69) is 24.5 Å². The van der Waals surface area contributed by atoms with E-state index in [1.807, 2.05) is 18.2 Å². The lowest BCUT2D eigenvalue weighted by Crippen LogP contribution is -2.30. The maximum absolute atomic E-state index is 11.7. The van der Waals surface area contributed by atoms with Crippen LogP contribution in [0.5, 0.6) is 5.75 Å². The maximum Gasteiger partial charge on any atom is 0.319 e. The number of methoxy groups -OCH3 is 1. The van der Waals surface area contributed by atoms with Crippen LogP contribution in [-0.4, -0.2) is 32.9 Å². The Hall–Kier alpha value is -1.75. The van der Waals surface area contributed by atoms with Gasteiger partial charge in [0.2, 0.25) is 0 Å². The molecule has 0 aliphatic rings. The zero-order chi connectivity index (χ0) is 14.8. The quantitative estimate of drug-likeness (QED) is 0.720. The van der Waals surface area contributed by atoms with Crippen LogP contribution < -0.4 is 15.4 Å². The number of nitrogens with one attached hydrogen (secondary N) is 2. The highest BCUT2D eigenvalue weighted by Gasteiger charge is 2.03. The number of hydrogen-bond donors (Lipinski definition) is 2. The Kier molecular flexibility index (Phi) is 7.50. The fourth-order valence-electron chi connectivity index (χ4n) is 1.56. The molecule has 0 bridgehead atoms. The molecular formula is C15H24N2O3. The van der Waals surface area contributed by atoms with E-state index in [-0.39, 0.29) is 6.03 Å². The normalized spacial score (nSPS) is 10.4. The van der Waals surface area contributed by atoms with Gasteiger partial charge < -0.3 is 20.1 Å². The van der Waals surface area contributed by atoms with Crippen molar-refractivity contribution < 1.29 is 14.3 Å². The highest BCUT2D eigenvalue weighted by Crippen LogP contribution is 2.17. The van der Waals surface area contributed by atoms with Crippen molar-refractivity contribution in [1.82, 2.24) is 5.32 Å². The van der Waals surface area contributed by atoms with Gasteiger partial charge in [-0.2, -0.15) is 0 Å². The number of hydrogen-bond acceptors (Lipinski definition) is 3. The molecule has 2 amide bonds. The number of carbonyl (C=O) groups excluding carboxylic acids is 1. The smallest absolute Gasteiger partial charge is 0.319 e. The molecule has 0 heterocycles. The van der Waals surface area contributed by atoms with Crippen LogP contribution in [0, 0.1) is 5.92 Å². The second kappa shape index (κ2) is 9.20. The van der Waals surface area contributed by atoms with E-state index in [1.54, 1.807) is 13.2 Å². The van der Waals surface area contributed by atoms with Crippen LogP contribution in [0.3, 0.4) is 0 Å². The Balaban J connectivity index is 2.38. The number of benzene rings is 1. The summed E-state index contributed by atoms with van der Waals surface area (Å²) in [4.78, 5) is 11.7. The van der Waals surface area contributed by atoms with Crippen molar-refractivity contribution in [2.45, 2.75) is 20.3 Å². The van der Waals surface area contributed by atoms with Crippen molar-refractivity contribution in [3.63, 3.8) is 0 Å². The van der Waals surface area contributed by atoms with Gasteiger partial charge in [0, 0.05) is 25.4 Å². The molecule has 1 rings (SSSR count). The second-order valence-electron chi connectivity index (χ2n) is 4.93. The van der Waals surface area contributed by atoms with Crippen LogP contribution in [0.4, 0.5) is 10.5 Å². The van der Waals surface area contributed by atoms with Crippen molar-refractivity contribution in [1.29, 1.82) is 0 Å². The van der Waals surface area contributed by atoms with E-state index >= 15 is 0 Å². The molecule has 0 saturated carbocycles. The van der Waals surface area contributed by atoms with Crippen molar-refractivity contribution in [3.8, 4) is 5.75 Å². The molecule has 5 heteroatoms. The Labute approximate surface area is 120 Å². The first-order valence-corrected chi connectivity index (χ1v) is 6.88. The van der Waals surface area contributed by atoms with E-state index in [0.717, 1.165) is 6.42 Å². The molecule has 0 spiro atoms. The minimum Gasteiger partial charge on any atom is -0.491 e. The summed E-state index contributed by atoms with van der Waals surface area (Å²) in [6, 6.07) is 7.10. The zero-order valence-electron chi connectivity index (χ0n) is 12.4. The number of ether oxygens (including phenoxy) is 2.